The van der Waals surface area contributed by atoms with Crippen molar-refractivity contribution in [3.8, 4) is 17.2 Å². The van der Waals surface area contributed by atoms with Crippen LogP contribution in [0.25, 0.3) is 5.65 Å². The molecule has 1 fully saturated rings. The van der Waals surface area contributed by atoms with Gasteiger partial charge in [0.15, 0.2) is 23.0 Å². The molecule has 0 saturated carbocycles. The molecule has 2 aromatic heterocycles. The van der Waals surface area contributed by atoms with Gasteiger partial charge in [-0.3, -0.25) is 4.79 Å². The zero-order valence-electron chi connectivity index (χ0n) is 17.3. The van der Waals surface area contributed by atoms with Crippen LogP contribution in [-0.2, 0) is 0 Å². The third kappa shape index (κ3) is 3.35. The van der Waals surface area contributed by atoms with Gasteiger partial charge in [0.25, 0.3) is 5.56 Å². The summed E-state index contributed by atoms with van der Waals surface area (Å²) >= 11 is 0. The lowest BCUT2D eigenvalue weighted by molar-refractivity contribution is 0.167. The van der Waals surface area contributed by atoms with Crippen LogP contribution in [0.4, 0.5) is 5.82 Å². The smallest absolute Gasteiger partial charge is 0.274 e. The molecule has 0 amide bonds. The summed E-state index contributed by atoms with van der Waals surface area (Å²) in [5.74, 6) is 2.66. The van der Waals surface area contributed by atoms with Gasteiger partial charge in [-0.05, 0) is 37.6 Å². The molecule has 0 spiro atoms. The van der Waals surface area contributed by atoms with Crippen LogP contribution in [0.3, 0.4) is 0 Å². The molecule has 0 bridgehead atoms. The third-order valence-electron chi connectivity index (χ3n) is 5.17. The van der Waals surface area contributed by atoms with Crippen molar-refractivity contribution in [2.24, 2.45) is 0 Å². The number of rotatable bonds is 3. The summed E-state index contributed by atoms with van der Waals surface area (Å²) in [6.07, 6.45) is -0.0340. The molecular formula is C21H22N4O4. The Bertz CT molecular complexity index is 1190. The van der Waals surface area contributed by atoms with Crippen molar-refractivity contribution in [3.05, 3.63) is 51.9 Å². The van der Waals surface area contributed by atoms with Gasteiger partial charge >= 0.3 is 0 Å². The van der Waals surface area contributed by atoms with Gasteiger partial charge in [-0.1, -0.05) is 0 Å². The van der Waals surface area contributed by atoms with Gasteiger partial charge in [0.2, 0.25) is 6.79 Å². The summed E-state index contributed by atoms with van der Waals surface area (Å²) in [5.41, 5.74) is 1.96. The van der Waals surface area contributed by atoms with E-state index < -0.39 is 6.08 Å². The molecule has 2 aliphatic heterocycles. The fourth-order valence-corrected chi connectivity index (χ4v) is 3.73. The number of aryl methyl sites for hydroxylation is 2. The van der Waals surface area contributed by atoms with Crippen LogP contribution >= 0.6 is 0 Å². The maximum absolute atomic E-state index is 12.3. The highest BCUT2D eigenvalue weighted by atomic mass is 16.7. The lowest BCUT2D eigenvalue weighted by atomic mass is 10.1. The highest BCUT2D eigenvalue weighted by Gasteiger charge is 2.24. The Morgan fingerprint density at radius 1 is 1.14 bits per heavy atom. The van der Waals surface area contributed by atoms with Crippen LogP contribution in [-0.4, -0.2) is 40.6 Å². The van der Waals surface area contributed by atoms with Crippen molar-refractivity contribution in [2.45, 2.75) is 32.8 Å². The quantitative estimate of drug-likeness (QED) is 0.674. The predicted molar refractivity (Wildman–Crippen MR) is 107 cm³/mol. The summed E-state index contributed by atoms with van der Waals surface area (Å²) < 4.78 is 26.8. The second kappa shape index (κ2) is 6.95. The Morgan fingerprint density at radius 2 is 1.93 bits per heavy atom. The van der Waals surface area contributed by atoms with Gasteiger partial charge in [-0.25, -0.2) is 4.98 Å². The Morgan fingerprint density at radius 3 is 2.76 bits per heavy atom. The van der Waals surface area contributed by atoms with E-state index in [0.29, 0.717) is 54.5 Å². The summed E-state index contributed by atoms with van der Waals surface area (Å²) in [4.78, 5) is 18.8. The molecule has 29 heavy (non-hydrogen) atoms. The minimum absolute atomic E-state index is 0.197. The first-order chi connectivity index (χ1) is 14.4. The molecule has 3 aromatic rings. The van der Waals surface area contributed by atoms with Gasteiger partial charge in [-0.2, -0.15) is 4.52 Å². The molecule has 0 aliphatic carbocycles. The van der Waals surface area contributed by atoms with Crippen LogP contribution in [0.5, 0.6) is 17.2 Å². The Hall–Kier alpha value is -3.29. The second-order valence-corrected chi connectivity index (χ2v) is 7.30. The highest BCUT2D eigenvalue weighted by molar-refractivity contribution is 5.53. The fourth-order valence-electron chi connectivity index (χ4n) is 3.73. The van der Waals surface area contributed by atoms with Crippen molar-refractivity contribution < 1.29 is 15.6 Å². The maximum Gasteiger partial charge on any atom is 0.274 e. The van der Waals surface area contributed by atoms with Gasteiger partial charge in [0.05, 0.1) is 1.37 Å². The number of anilines is 1. The molecule has 150 valence electrons. The van der Waals surface area contributed by atoms with Gasteiger partial charge in [-0.15, -0.1) is 5.10 Å². The lowest BCUT2D eigenvalue weighted by Gasteiger charge is -2.33. The van der Waals surface area contributed by atoms with E-state index in [1.165, 1.54) is 10.6 Å². The number of aromatic nitrogens is 3. The fraction of sp³-hybridized carbons (Fsp3) is 0.381. The standard InChI is InChI=1S/C21H22N4O4/c1-13-9-19-22-14(2)10-20(26)25(19)23-21(13)24-7-5-15(6-8-24)29-16-3-4-17-18(11-16)28-12-27-17/h3-4,9-11,15H,5-8,12H2,1-2H3/i15D. The molecule has 8 nitrogen and oxygen atoms in total. The molecule has 0 unspecified atom stereocenters. The van der Waals surface area contributed by atoms with E-state index in [1.807, 2.05) is 13.0 Å². The molecule has 1 aromatic carbocycles. The first-order valence-electron chi connectivity index (χ1n) is 10.1. The minimum Gasteiger partial charge on any atom is -0.490 e. The second-order valence-electron chi connectivity index (χ2n) is 7.30. The number of piperidine rings is 1. The van der Waals surface area contributed by atoms with Crippen LogP contribution in [0.15, 0.2) is 35.1 Å². The molecule has 2 aliphatic rings. The van der Waals surface area contributed by atoms with Crippen molar-refractivity contribution >= 4 is 11.5 Å². The minimum atomic E-state index is -1.04. The molecule has 4 heterocycles. The van der Waals surface area contributed by atoms with Gasteiger partial charge in [0.1, 0.15) is 11.8 Å². The van der Waals surface area contributed by atoms with Crippen molar-refractivity contribution in [2.75, 3.05) is 24.8 Å². The van der Waals surface area contributed by atoms with Gasteiger partial charge < -0.3 is 19.1 Å². The topological polar surface area (TPSA) is 78.2 Å². The average molecular weight is 395 g/mol. The molecule has 5 rings (SSSR count). The van der Waals surface area contributed by atoms with Crippen LogP contribution in [0.1, 0.15) is 25.5 Å². The van der Waals surface area contributed by atoms with E-state index in [9.17, 15) is 4.79 Å². The van der Waals surface area contributed by atoms with E-state index in [-0.39, 0.29) is 12.4 Å². The van der Waals surface area contributed by atoms with Crippen LogP contribution in [0.2, 0.25) is 0 Å². The monoisotopic (exact) mass is 395 g/mol. The number of nitrogens with zero attached hydrogens (tertiary/aromatic N) is 4. The van der Waals surface area contributed by atoms with Gasteiger partial charge in [0, 0.05) is 43.8 Å². The molecule has 0 radical (unpaired) electrons. The average Bonchev–Trinajstić information content (AvgIpc) is 3.16. The molecule has 8 heteroatoms. The van der Waals surface area contributed by atoms with E-state index in [2.05, 4.69) is 15.0 Å². The van der Waals surface area contributed by atoms with Crippen molar-refractivity contribution in [1.82, 2.24) is 14.6 Å². The Labute approximate surface area is 169 Å². The molecular weight excluding hydrogens is 372 g/mol. The number of hydrogen-bond acceptors (Lipinski definition) is 7. The third-order valence-corrected chi connectivity index (χ3v) is 5.17. The van der Waals surface area contributed by atoms with E-state index in [1.54, 1.807) is 25.1 Å². The zero-order chi connectivity index (χ0) is 20.9. The Kier molecular flexibility index (Phi) is 3.99. The maximum atomic E-state index is 12.3. The first kappa shape index (κ1) is 16.6. The lowest BCUT2D eigenvalue weighted by Crippen LogP contribution is -2.39. The molecule has 0 N–H and O–H groups in total. The summed E-state index contributed by atoms with van der Waals surface area (Å²) in [7, 11) is 0. The summed E-state index contributed by atoms with van der Waals surface area (Å²) in [6.45, 7) is 5.16. The number of hydrogen-bond donors (Lipinski definition) is 0. The van der Waals surface area contributed by atoms with Crippen molar-refractivity contribution in [1.29, 1.82) is 0 Å². The van der Waals surface area contributed by atoms with E-state index in [4.69, 9.17) is 15.6 Å². The first-order valence-corrected chi connectivity index (χ1v) is 9.62. The molecule has 0 atom stereocenters. The Balaban J connectivity index is 1.34. The van der Waals surface area contributed by atoms with E-state index >= 15 is 0 Å². The van der Waals surface area contributed by atoms with Crippen molar-refractivity contribution in [3.63, 3.8) is 0 Å². The normalized spacial score (nSPS) is 18.0. The molecule has 1 saturated heterocycles. The summed E-state index contributed by atoms with van der Waals surface area (Å²) in [5, 5.41) is 4.55. The summed E-state index contributed by atoms with van der Waals surface area (Å²) in [6, 6.07) is 8.71. The number of benzene rings is 1. The number of ether oxygens (including phenoxy) is 3. The predicted octanol–water partition coefficient (Wildman–Crippen LogP) is 2.48. The highest BCUT2D eigenvalue weighted by Crippen LogP contribution is 2.36. The van der Waals surface area contributed by atoms with E-state index in [0.717, 1.165) is 11.4 Å². The largest absolute Gasteiger partial charge is 0.490 e. The number of fused-ring (bicyclic) bond motifs is 2. The van der Waals surface area contributed by atoms with Crippen LogP contribution < -0.4 is 24.7 Å². The van der Waals surface area contributed by atoms with Crippen LogP contribution in [0, 0.1) is 13.8 Å². The zero-order valence-corrected chi connectivity index (χ0v) is 16.3. The SMILES string of the molecule is [2H]C1(Oc2ccc3c(c2)OCO3)CCN(c2nn3c(=O)cc(C)nc3cc2C)CC1.